The summed E-state index contributed by atoms with van der Waals surface area (Å²) in [5.41, 5.74) is 3.25. The van der Waals surface area contributed by atoms with Gasteiger partial charge < -0.3 is 10.1 Å². The molecule has 130 valence electrons. The maximum Gasteiger partial charge on any atom is 0.358 e. The van der Waals surface area contributed by atoms with Gasteiger partial charge in [0.25, 0.3) is 0 Å². The molecule has 2 N–H and O–H groups in total. The van der Waals surface area contributed by atoms with Crippen LogP contribution in [0.25, 0.3) is 11.0 Å². The first-order valence-electron chi connectivity index (χ1n) is 8.29. The minimum Gasteiger partial charge on any atom is -0.476 e. The standard InChI is InChI=1S/C16H17IN6O2/c17-14-13(9-4-5-9)11-7-10(19-21-15(11)18-14)3-1-2-6-23-8-12(16(24)25)20-22-23/h7-9H,1-6H2,(H,18,21)(H,24,25). The Morgan fingerprint density at radius 3 is 2.88 bits per heavy atom. The summed E-state index contributed by atoms with van der Waals surface area (Å²) in [6.45, 7) is 0.644. The second-order valence-corrected chi connectivity index (χ2v) is 7.43. The van der Waals surface area contributed by atoms with Gasteiger partial charge in [-0.15, -0.1) is 10.2 Å². The van der Waals surface area contributed by atoms with E-state index >= 15 is 0 Å². The van der Waals surface area contributed by atoms with Crippen molar-refractivity contribution in [3.63, 3.8) is 0 Å². The minimum atomic E-state index is -1.05. The van der Waals surface area contributed by atoms with Crippen LogP contribution < -0.4 is 0 Å². The molecule has 0 atom stereocenters. The molecule has 0 amide bonds. The predicted molar refractivity (Wildman–Crippen MR) is 98.5 cm³/mol. The maximum atomic E-state index is 10.8. The second kappa shape index (κ2) is 6.70. The maximum absolute atomic E-state index is 10.8. The zero-order chi connectivity index (χ0) is 17.4. The summed E-state index contributed by atoms with van der Waals surface area (Å²) in [5, 5.41) is 26.1. The largest absolute Gasteiger partial charge is 0.476 e. The number of carboxylic acid groups (broad SMARTS) is 1. The SMILES string of the molecule is O=C(O)c1cn(CCCCc2cc3c(C4CC4)c(I)[nH]c3nn2)nn1. The third-order valence-electron chi connectivity index (χ3n) is 4.41. The number of halogens is 1. The first-order chi connectivity index (χ1) is 12.1. The molecule has 9 heteroatoms. The molecule has 3 heterocycles. The highest BCUT2D eigenvalue weighted by atomic mass is 127. The normalized spacial score (nSPS) is 14.3. The van der Waals surface area contributed by atoms with Crippen LogP contribution >= 0.6 is 22.6 Å². The average molecular weight is 452 g/mol. The lowest BCUT2D eigenvalue weighted by Crippen LogP contribution is -2.01. The number of rotatable bonds is 7. The summed E-state index contributed by atoms with van der Waals surface area (Å²) < 4.78 is 2.75. The second-order valence-electron chi connectivity index (χ2n) is 6.35. The predicted octanol–water partition coefficient (Wildman–Crippen LogP) is 2.75. The first kappa shape index (κ1) is 16.4. The van der Waals surface area contributed by atoms with E-state index in [9.17, 15) is 4.79 Å². The van der Waals surface area contributed by atoms with Crippen molar-refractivity contribution in [1.82, 2.24) is 30.2 Å². The highest BCUT2D eigenvalue weighted by molar-refractivity contribution is 14.1. The van der Waals surface area contributed by atoms with E-state index in [1.165, 1.54) is 33.7 Å². The Balaban J connectivity index is 1.37. The van der Waals surface area contributed by atoms with Crippen molar-refractivity contribution < 1.29 is 9.90 Å². The molecular weight excluding hydrogens is 435 g/mol. The molecule has 0 radical (unpaired) electrons. The molecular formula is C16H17IN6O2. The lowest BCUT2D eigenvalue weighted by molar-refractivity contribution is 0.0690. The minimum absolute atomic E-state index is 0.0222. The molecule has 3 aromatic heterocycles. The number of unbranched alkanes of at least 4 members (excludes halogenated alkanes) is 1. The number of hydrogen-bond acceptors (Lipinski definition) is 5. The van der Waals surface area contributed by atoms with E-state index in [0.717, 1.165) is 30.6 Å². The van der Waals surface area contributed by atoms with Gasteiger partial charge in [0.05, 0.1) is 15.6 Å². The van der Waals surface area contributed by atoms with Gasteiger partial charge in [0.2, 0.25) is 0 Å². The van der Waals surface area contributed by atoms with E-state index in [4.69, 9.17) is 5.11 Å². The molecule has 1 aliphatic rings. The Kier molecular flexibility index (Phi) is 4.40. The number of H-pyrrole nitrogens is 1. The summed E-state index contributed by atoms with van der Waals surface area (Å²) >= 11 is 2.35. The summed E-state index contributed by atoms with van der Waals surface area (Å²) in [7, 11) is 0. The van der Waals surface area contributed by atoms with Gasteiger partial charge in [0, 0.05) is 11.9 Å². The fourth-order valence-electron chi connectivity index (χ4n) is 3.00. The van der Waals surface area contributed by atoms with E-state index in [1.807, 2.05) is 0 Å². The van der Waals surface area contributed by atoms with Gasteiger partial charge in [-0.05, 0) is 72.2 Å². The summed E-state index contributed by atoms with van der Waals surface area (Å²) in [5.74, 6) is -0.379. The van der Waals surface area contributed by atoms with Crippen LogP contribution in [0.3, 0.4) is 0 Å². The van der Waals surface area contributed by atoms with E-state index < -0.39 is 5.97 Å². The number of aromatic nitrogens is 6. The van der Waals surface area contributed by atoms with Crippen molar-refractivity contribution in [3.05, 3.63) is 32.9 Å². The third kappa shape index (κ3) is 3.51. The van der Waals surface area contributed by atoms with Gasteiger partial charge in [0.1, 0.15) is 0 Å². The number of aromatic carboxylic acids is 1. The zero-order valence-corrected chi connectivity index (χ0v) is 15.6. The van der Waals surface area contributed by atoms with E-state index in [0.29, 0.717) is 12.5 Å². The van der Waals surface area contributed by atoms with Crippen LogP contribution in [0.15, 0.2) is 12.3 Å². The Hall–Kier alpha value is -2.04. The molecule has 1 aliphatic carbocycles. The van der Waals surface area contributed by atoms with Crippen LogP contribution in [0.2, 0.25) is 0 Å². The molecule has 0 spiro atoms. The molecule has 0 aliphatic heterocycles. The van der Waals surface area contributed by atoms with Gasteiger partial charge in [0.15, 0.2) is 11.3 Å². The van der Waals surface area contributed by atoms with Crippen molar-refractivity contribution in [3.8, 4) is 0 Å². The van der Waals surface area contributed by atoms with Crippen molar-refractivity contribution >= 4 is 39.6 Å². The van der Waals surface area contributed by atoms with Crippen molar-refractivity contribution in [1.29, 1.82) is 0 Å². The number of aryl methyl sites for hydroxylation is 2. The van der Waals surface area contributed by atoms with Crippen molar-refractivity contribution in [2.45, 2.75) is 44.6 Å². The topological polar surface area (TPSA) is 110 Å². The third-order valence-corrected chi connectivity index (χ3v) is 5.26. The van der Waals surface area contributed by atoms with E-state index in [-0.39, 0.29) is 5.69 Å². The molecule has 4 rings (SSSR count). The van der Waals surface area contributed by atoms with Crippen LogP contribution in [0.1, 0.15) is 53.3 Å². The highest BCUT2D eigenvalue weighted by Crippen LogP contribution is 2.45. The number of nitrogens with one attached hydrogen (secondary N) is 1. The molecule has 1 fully saturated rings. The van der Waals surface area contributed by atoms with Gasteiger partial charge in [-0.25, -0.2) is 4.79 Å². The summed E-state index contributed by atoms with van der Waals surface area (Å²) in [6.07, 6.45) is 6.63. The lowest BCUT2D eigenvalue weighted by atomic mass is 10.1. The molecule has 8 nitrogen and oxygen atoms in total. The Morgan fingerprint density at radius 1 is 1.32 bits per heavy atom. The van der Waals surface area contributed by atoms with Gasteiger partial charge >= 0.3 is 5.97 Å². The molecule has 3 aromatic rings. The smallest absolute Gasteiger partial charge is 0.358 e. The zero-order valence-electron chi connectivity index (χ0n) is 13.4. The fourth-order valence-corrected chi connectivity index (χ4v) is 3.98. The molecule has 1 saturated carbocycles. The number of carboxylic acids is 1. The quantitative estimate of drug-likeness (QED) is 0.422. The fraction of sp³-hybridized carbons (Fsp3) is 0.438. The van der Waals surface area contributed by atoms with E-state index in [1.54, 1.807) is 4.68 Å². The number of hydrogen-bond donors (Lipinski definition) is 2. The van der Waals surface area contributed by atoms with Gasteiger partial charge in [-0.2, -0.15) is 5.10 Å². The summed E-state index contributed by atoms with van der Waals surface area (Å²) in [6, 6.07) is 2.16. The van der Waals surface area contributed by atoms with Crippen LogP contribution in [0.5, 0.6) is 0 Å². The van der Waals surface area contributed by atoms with Gasteiger partial charge in [-0.1, -0.05) is 5.21 Å². The van der Waals surface area contributed by atoms with Gasteiger partial charge in [-0.3, -0.25) is 4.68 Å². The molecule has 0 bridgehead atoms. The average Bonchev–Trinajstić information content (AvgIpc) is 3.19. The Labute approximate surface area is 157 Å². The number of aromatic amines is 1. The van der Waals surface area contributed by atoms with Crippen LogP contribution in [-0.2, 0) is 13.0 Å². The van der Waals surface area contributed by atoms with Crippen molar-refractivity contribution in [2.24, 2.45) is 0 Å². The van der Waals surface area contributed by atoms with Crippen LogP contribution in [0.4, 0.5) is 0 Å². The number of carbonyl (C=O) groups is 1. The molecule has 0 saturated heterocycles. The number of fused-ring (bicyclic) bond motifs is 1. The monoisotopic (exact) mass is 452 g/mol. The van der Waals surface area contributed by atoms with Crippen molar-refractivity contribution in [2.75, 3.05) is 0 Å². The number of nitrogens with zero attached hydrogens (tertiary/aromatic N) is 5. The van der Waals surface area contributed by atoms with E-state index in [2.05, 4.69) is 54.2 Å². The first-order valence-corrected chi connectivity index (χ1v) is 9.37. The molecule has 0 unspecified atom stereocenters. The lowest BCUT2D eigenvalue weighted by Gasteiger charge is -2.02. The Morgan fingerprint density at radius 2 is 2.16 bits per heavy atom. The highest BCUT2D eigenvalue weighted by Gasteiger charge is 2.29. The summed E-state index contributed by atoms with van der Waals surface area (Å²) in [4.78, 5) is 14.1. The van der Waals surface area contributed by atoms with Crippen LogP contribution in [0, 0.1) is 3.70 Å². The molecule has 0 aromatic carbocycles. The van der Waals surface area contributed by atoms with Crippen LogP contribution in [-0.4, -0.2) is 41.3 Å². The Bertz CT molecular complexity index is 930. The molecule has 25 heavy (non-hydrogen) atoms.